The lowest BCUT2D eigenvalue weighted by Crippen LogP contribution is -2.34. The number of rotatable bonds is 7. The van der Waals surface area contributed by atoms with Crippen LogP contribution >= 0.6 is 0 Å². The summed E-state index contributed by atoms with van der Waals surface area (Å²) in [5.74, 6) is -0.0677. The van der Waals surface area contributed by atoms with Crippen LogP contribution < -0.4 is 4.74 Å². The number of nitrogens with zero attached hydrogens (tertiary/aromatic N) is 2. The zero-order valence-electron chi connectivity index (χ0n) is 13.4. The highest BCUT2D eigenvalue weighted by atomic mass is 19.1. The quantitative estimate of drug-likeness (QED) is 0.840. The molecule has 1 aromatic heterocycles. The van der Waals surface area contributed by atoms with Gasteiger partial charge in [-0.2, -0.15) is 0 Å². The van der Waals surface area contributed by atoms with Gasteiger partial charge in [-0.15, -0.1) is 0 Å². The molecule has 1 fully saturated rings. The molecular formula is C17H19FN2O4. The fraction of sp³-hybridized carbons (Fsp3) is 0.412. The Hall–Kier alpha value is -2.41. The first kappa shape index (κ1) is 16.4. The van der Waals surface area contributed by atoms with E-state index in [-0.39, 0.29) is 36.1 Å². The summed E-state index contributed by atoms with van der Waals surface area (Å²) in [6, 6.07) is 5.74. The minimum Gasteiger partial charge on any atom is -0.484 e. The smallest absolute Gasteiger partial charge is 0.275 e. The number of amides is 1. The maximum atomic E-state index is 13.1. The van der Waals surface area contributed by atoms with Crippen LogP contribution in [-0.2, 0) is 6.61 Å². The van der Waals surface area contributed by atoms with Gasteiger partial charge in [-0.3, -0.25) is 4.79 Å². The monoisotopic (exact) mass is 334 g/mol. The zero-order chi connectivity index (χ0) is 17.2. The number of aromatic nitrogens is 1. The normalized spacial score (nSPS) is 15.1. The molecule has 128 valence electrons. The topological polar surface area (TPSA) is 75.8 Å². The first-order chi connectivity index (χ1) is 11.5. The van der Waals surface area contributed by atoms with Crippen molar-refractivity contribution in [3.05, 3.63) is 47.9 Å². The van der Waals surface area contributed by atoms with E-state index in [1.807, 2.05) is 0 Å². The number of ether oxygens (including phenoxy) is 1. The third kappa shape index (κ3) is 3.73. The minimum absolute atomic E-state index is 0.00102. The van der Waals surface area contributed by atoms with Crippen LogP contribution in [0.25, 0.3) is 0 Å². The summed E-state index contributed by atoms with van der Waals surface area (Å²) >= 11 is 0. The van der Waals surface area contributed by atoms with Crippen LogP contribution in [0.5, 0.6) is 5.75 Å². The van der Waals surface area contributed by atoms with Crippen molar-refractivity contribution in [3.63, 3.8) is 0 Å². The Morgan fingerprint density at radius 1 is 1.50 bits per heavy atom. The summed E-state index contributed by atoms with van der Waals surface area (Å²) in [6.07, 6.45) is 3.13. The molecule has 0 unspecified atom stereocenters. The van der Waals surface area contributed by atoms with E-state index in [4.69, 9.17) is 9.15 Å². The molecule has 1 N–H and O–H groups in total. The SMILES string of the molecule is CN(CC1(CO)CC1)C(=O)c1coc(COc2cccc(F)c2)n1. The van der Waals surface area contributed by atoms with Gasteiger partial charge in [0.15, 0.2) is 12.3 Å². The molecule has 0 radical (unpaired) electrons. The molecule has 0 spiro atoms. The number of hydrogen-bond acceptors (Lipinski definition) is 5. The Morgan fingerprint density at radius 2 is 2.29 bits per heavy atom. The Kier molecular flexibility index (Phi) is 4.53. The molecule has 1 aliphatic rings. The summed E-state index contributed by atoms with van der Waals surface area (Å²) in [7, 11) is 1.68. The van der Waals surface area contributed by atoms with Gasteiger partial charge >= 0.3 is 0 Å². The Labute approximate surface area is 138 Å². The predicted molar refractivity (Wildman–Crippen MR) is 82.9 cm³/mol. The van der Waals surface area contributed by atoms with E-state index in [0.29, 0.717) is 12.3 Å². The van der Waals surface area contributed by atoms with Crippen molar-refractivity contribution >= 4 is 5.91 Å². The number of carbonyl (C=O) groups is 1. The molecule has 6 nitrogen and oxygen atoms in total. The molecule has 1 amide bonds. The lowest BCUT2D eigenvalue weighted by Gasteiger charge is -2.21. The van der Waals surface area contributed by atoms with Crippen molar-refractivity contribution in [2.24, 2.45) is 5.41 Å². The first-order valence-electron chi connectivity index (χ1n) is 7.70. The van der Waals surface area contributed by atoms with Gasteiger partial charge < -0.3 is 19.2 Å². The molecule has 1 heterocycles. The molecule has 0 bridgehead atoms. The molecule has 0 aliphatic heterocycles. The number of hydrogen-bond donors (Lipinski definition) is 1. The van der Waals surface area contributed by atoms with Crippen LogP contribution in [0.3, 0.4) is 0 Å². The van der Waals surface area contributed by atoms with Gasteiger partial charge in [0.1, 0.15) is 17.8 Å². The number of halogens is 1. The molecule has 1 aliphatic carbocycles. The van der Waals surface area contributed by atoms with E-state index in [2.05, 4.69) is 4.98 Å². The fourth-order valence-corrected chi connectivity index (χ4v) is 2.49. The van der Waals surface area contributed by atoms with E-state index < -0.39 is 5.82 Å². The third-order valence-corrected chi connectivity index (χ3v) is 4.14. The lowest BCUT2D eigenvalue weighted by molar-refractivity contribution is 0.0727. The molecule has 0 saturated heterocycles. The molecule has 24 heavy (non-hydrogen) atoms. The summed E-state index contributed by atoms with van der Waals surface area (Å²) in [5, 5.41) is 9.34. The maximum absolute atomic E-state index is 13.1. The van der Waals surface area contributed by atoms with Gasteiger partial charge in [-0.1, -0.05) is 6.07 Å². The Morgan fingerprint density at radius 3 is 2.96 bits per heavy atom. The summed E-state index contributed by atoms with van der Waals surface area (Å²) < 4.78 is 23.7. The molecule has 1 aromatic carbocycles. The second kappa shape index (κ2) is 6.60. The number of carbonyl (C=O) groups excluding carboxylic acids is 1. The van der Waals surface area contributed by atoms with E-state index in [1.165, 1.54) is 23.3 Å². The highest BCUT2D eigenvalue weighted by Gasteiger charge is 2.43. The van der Waals surface area contributed by atoms with Crippen molar-refractivity contribution in [2.75, 3.05) is 20.2 Å². The van der Waals surface area contributed by atoms with Crippen molar-refractivity contribution in [2.45, 2.75) is 19.4 Å². The van der Waals surface area contributed by atoms with Gasteiger partial charge in [0.25, 0.3) is 5.91 Å². The molecular weight excluding hydrogens is 315 g/mol. The molecule has 0 atom stereocenters. The van der Waals surface area contributed by atoms with Crippen molar-refractivity contribution in [1.29, 1.82) is 0 Å². The molecule has 7 heteroatoms. The van der Waals surface area contributed by atoms with E-state index in [0.717, 1.165) is 12.8 Å². The fourth-order valence-electron chi connectivity index (χ4n) is 2.49. The van der Waals surface area contributed by atoms with Gasteiger partial charge in [0, 0.05) is 25.1 Å². The maximum Gasteiger partial charge on any atom is 0.275 e. The molecule has 3 rings (SSSR count). The van der Waals surface area contributed by atoms with Gasteiger partial charge in [0.2, 0.25) is 5.89 Å². The minimum atomic E-state index is -0.393. The Balaban J connectivity index is 1.57. The van der Waals surface area contributed by atoms with E-state index in [1.54, 1.807) is 19.2 Å². The van der Waals surface area contributed by atoms with Crippen molar-refractivity contribution in [1.82, 2.24) is 9.88 Å². The van der Waals surface area contributed by atoms with Crippen molar-refractivity contribution in [3.8, 4) is 5.75 Å². The van der Waals surface area contributed by atoms with Crippen LogP contribution in [0.1, 0.15) is 29.2 Å². The van der Waals surface area contributed by atoms with Crippen LogP contribution in [0.2, 0.25) is 0 Å². The average molecular weight is 334 g/mol. The second-order valence-electron chi connectivity index (χ2n) is 6.19. The standard InChI is InChI=1S/C17H19FN2O4/c1-20(10-17(11-21)5-6-17)16(22)14-8-24-15(19-14)9-23-13-4-2-3-12(18)7-13/h2-4,7-8,21H,5-6,9-11H2,1H3. The van der Waals surface area contributed by atoms with Gasteiger partial charge in [-0.25, -0.2) is 9.37 Å². The van der Waals surface area contributed by atoms with Crippen LogP contribution in [0, 0.1) is 11.2 Å². The highest BCUT2D eigenvalue weighted by Crippen LogP contribution is 2.45. The van der Waals surface area contributed by atoms with Gasteiger partial charge in [0.05, 0.1) is 6.61 Å². The average Bonchev–Trinajstić information content (AvgIpc) is 3.19. The first-order valence-corrected chi connectivity index (χ1v) is 7.70. The third-order valence-electron chi connectivity index (χ3n) is 4.14. The molecule has 1 saturated carbocycles. The number of aliphatic hydroxyl groups is 1. The zero-order valence-corrected chi connectivity index (χ0v) is 13.4. The summed E-state index contributed by atoms with van der Waals surface area (Å²) in [6.45, 7) is 0.571. The highest BCUT2D eigenvalue weighted by molar-refractivity contribution is 5.91. The van der Waals surface area contributed by atoms with Crippen LogP contribution in [0.4, 0.5) is 4.39 Å². The van der Waals surface area contributed by atoms with Crippen LogP contribution in [0.15, 0.2) is 34.9 Å². The van der Waals surface area contributed by atoms with E-state index in [9.17, 15) is 14.3 Å². The number of benzene rings is 1. The van der Waals surface area contributed by atoms with Crippen LogP contribution in [-0.4, -0.2) is 41.1 Å². The Bertz CT molecular complexity index is 727. The molecule has 2 aromatic rings. The lowest BCUT2D eigenvalue weighted by atomic mass is 10.1. The van der Waals surface area contributed by atoms with E-state index >= 15 is 0 Å². The van der Waals surface area contributed by atoms with Crippen molar-refractivity contribution < 1.29 is 23.4 Å². The predicted octanol–water partition coefficient (Wildman–Crippen LogP) is 2.24. The second-order valence-corrected chi connectivity index (χ2v) is 6.19. The summed E-state index contributed by atoms with van der Waals surface area (Å²) in [5.41, 5.74) is 0.0290. The summed E-state index contributed by atoms with van der Waals surface area (Å²) in [4.78, 5) is 18.0. The van der Waals surface area contributed by atoms with Gasteiger partial charge in [-0.05, 0) is 25.0 Å². The largest absolute Gasteiger partial charge is 0.484 e. The number of oxazole rings is 1. The number of aliphatic hydroxyl groups excluding tert-OH is 1.